The highest BCUT2D eigenvalue weighted by atomic mass is 32.1. The van der Waals surface area contributed by atoms with Gasteiger partial charge in [-0.15, -0.1) is 11.3 Å². The molecule has 3 rings (SSSR count). The van der Waals surface area contributed by atoms with Gasteiger partial charge in [0.1, 0.15) is 6.17 Å². The molecule has 1 aromatic carbocycles. The molecule has 1 aliphatic rings. The van der Waals surface area contributed by atoms with Gasteiger partial charge in [0.15, 0.2) is 0 Å². The molecule has 0 amide bonds. The van der Waals surface area contributed by atoms with E-state index in [4.69, 9.17) is 4.74 Å². The van der Waals surface area contributed by atoms with Crippen molar-refractivity contribution < 1.29 is 14.2 Å². The van der Waals surface area contributed by atoms with Crippen molar-refractivity contribution in [1.82, 2.24) is 4.90 Å². The van der Waals surface area contributed by atoms with Gasteiger partial charge < -0.3 is 15.2 Å². The summed E-state index contributed by atoms with van der Waals surface area (Å²) < 4.78 is 20.8. The van der Waals surface area contributed by atoms with Gasteiger partial charge in [-0.2, -0.15) is 0 Å². The number of nitrogens with one attached hydrogen (secondary N) is 1. The van der Waals surface area contributed by atoms with E-state index < -0.39 is 12.3 Å². The van der Waals surface area contributed by atoms with Gasteiger partial charge in [0, 0.05) is 26.7 Å². The summed E-state index contributed by atoms with van der Waals surface area (Å²) in [6.07, 6.45) is 0.221. The van der Waals surface area contributed by atoms with Crippen LogP contribution in [0.1, 0.15) is 18.9 Å². The largest absolute Gasteiger partial charge is 0.389 e. The van der Waals surface area contributed by atoms with Crippen molar-refractivity contribution in [2.45, 2.75) is 38.1 Å². The molecule has 0 spiro atoms. The Kier molecular flexibility index (Phi) is 6.28. The Bertz CT molecular complexity index is 693. The lowest BCUT2D eigenvalue weighted by molar-refractivity contribution is 0.0215. The quantitative estimate of drug-likeness (QED) is 0.789. The minimum atomic E-state index is -0.954. The van der Waals surface area contributed by atoms with Crippen molar-refractivity contribution in [3.8, 4) is 0 Å². The zero-order chi connectivity index (χ0) is 17.8. The second-order valence-corrected chi connectivity index (χ2v) is 7.60. The minimum absolute atomic E-state index is 0.186. The second kappa shape index (κ2) is 8.45. The molecule has 1 aliphatic heterocycles. The number of thiophene rings is 1. The molecule has 2 aromatic rings. The Morgan fingerprint density at radius 2 is 2.32 bits per heavy atom. The standard InChI is InChI=1S/C19H27FN2O2S/c1-3-13-12-25-19-15(13)5-4-6-18(19)21-17-7-8-22(10-16(17)20)9-14(23)11-24-2/h4-6,12,14,16-17,21,23H,3,7-11H2,1-2H3. The van der Waals surface area contributed by atoms with E-state index in [1.807, 2.05) is 17.0 Å². The zero-order valence-electron chi connectivity index (χ0n) is 14.9. The van der Waals surface area contributed by atoms with Crippen LogP contribution in [0.5, 0.6) is 0 Å². The first-order chi connectivity index (χ1) is 12.1. The molecule has 0 radical (unpaired) electrons. The molecule has 2 heterocycles. The summed E-state index contributed by atoms with van der Waals surface area (Å²) in [5.74, 6) is 0. The number of alkyl halides is 1. The molecular weight excluding hydrogens is 339 g/mol. The van der Waals surface area contributed by atoms with Crippen LogP contribution in [0.2, 0.25) is 0 Å². The third-order valence-corrected chi connectivity index (χ3v) is 5.93. The smallest absolute Gasteiger partial charge is 0.133 e. The molecule has 0 bridgehead atoms. The summed E-state index contributed by atoms with van der Waals surface area (Å²) >= 11 is 1.73. The van der Waals surface area contributed by atoms with Crippen molar-refractivity contribution in [1.29, 1.82) is 0 Å². The van der Waals surface area contributed by atoms with Crippen LogP contribution >= 0.6 is 11.3 Å². The van der Waals surface area contributed by atoms with E-state index >= 15 is 0 Å². The van der Waals surface area contributed by atoms with Crippen molar-refractivity contribution >= 4 is 27.1 Å². The van der Waals surface area contributed by atoms with E-state index in [0.29, 0.717) is 13.1 Å². The van der Waals surface area contributed by atoms with Crippen LogP contribution in [0, 0.1) is 0 Å². The molecule has 1 fully saturated rings. The van der Waals surface area contributed by atoms with Gasteiger partial charge in [0.05, 0.1) is 29.1 Å². The number of hydrogen-bond acceptors (Lipinski definition) is 5. The van der Waals surface area contributed by atoms with Gasteiger partial charge in [0.2, 0.25) is 0 Å². The average molecular weight is 367 g/mol. The van der Waals surface area contributed by atoms with Crippen LogP contribution < -0.4 is 5.32 Å². The Hall–Kier alpha value is -1.21. The first-order valence-corrected chi connectivity index (χ1v) is 9.79. The van der Waals surface area contributed by atoms with Crippen LogP contribution in [0.4, 0.5) is 10.1 Å². The number of aryl methyl sites for hydroxylation is 1. The summed E-state index contributed by atoms with van der Waals surface area (Å²) in [5.41, 5.74) is 2.38. The number of aliphatic hydroxyl groups is 1. The van der Waals surface area contributed by atoms with Gasteiger partial charge in [0.25, 0.3) is 0 Å². The van der Waals surface area contributed by atoms with Gasteiger partial charge in [-0.05, 0) is 35.2 Å². The maximum absolute atomic E-state index is 14.7. The molecule has 3 atom stereocenters. The third kappa shape index (κ3) is 4.31. The summed E-state index contributed by atoms with van der Waals surface area (Å²) in [4.78, 5) is 1.98. The lowest BCUT2D eigenvalue weighted by Crippen LogP contribution is -2.50. The van der Waals surface area contributed by atoms with Crippen molar-refractivity contribution in [2.24, 2.45) is 0 Å². The van der Waals surface area contributed by atoms with Crippen LogP contribution in [-0.4, -0.2) is 61.7 Å². The molecular formula is C19H27FN2O2S. The number of benzene rings is 1. The highest BCUT2D eigenvalue weighted by Gasteiger charge is 2.30. The van der Waals surface area contributed by atoms with E-state index in [2.05, 4.69) is 23.7 Å². The number of nitrogens with zero attached hydrogens (tertiary/aromatic N) is 1. The molecule has 1 saturated heterocycles. The van der Waals surface area contributed by atoms with E-state index in [1.54, 1.807) is 18.4 Å². The fourth-order valence-corrected chi connectivity index (χ4v) is 4.67. The van der Waals surface area contributed by atoms with Crippen LogP contribution in [0.15, 0.2) is 23.6 Å². The predicted octanol–water partition coefficient (Wildman–Crippen LogP) is 3.30. The van der Waals surface area contributed by atoms with Gasteiger partial charge in [-0.25, -0.2) is 4.39 Å². The number of aliphatic hydroxyl groups excluding tert-OH is 1. The number of rotatable bonds is 7. The highest BCUT2D eigenvalue weighted by molar-refractivity contribution is 7.18. The average Bonchev–Trinajstić information content (AvgIpc) is 3.01. The number of ether oxygens (including phenoxy) is 1. The summed E-state index contributed by atoms with van der Waals surface area (Å²) in [7, 11) is 1.56. The topological polar surface area (TPSA) is 44.7 Å². The normalized spacial score (nSPS) is 23.0. The first-order valence-electron chi connectivity index (χ1n) is 8.91. The van der Waals surface area contributed by atoms with E-state index in [1.165, 1.54) is 15.6 Å². The molecule has 4 nitrogen and oxygen atoms in total. The second-order valence-electron chi connectivity index (χ2n) is 6.72. The molecule has 3 unspecified atom stereocenters. The Morgan fingerprint density at radius 3 is 3.04 bits per heavy atom. The van der Waals surface area contributed by atoms with Crippen molar-refractivity contribution in [3.63, 3.8) is 0 Å². The first kappa shape index (κ1) is 18.6. The lowest BCUT2D eigenvalue weighted by Gasteiger charge is -2.36. The fraction of sp³-hybridized carbons (Fsp3) is 0.579. The van der Waals surface area contributed by atoms with Crippen LogP contribution in [0.3, 0.4) is 0 Å². The molecule has 2 N–H and O–H groups in total. The SMILES string of the molecule is CCc1csc2c(NC3CCN(CC(O)COC)CC3F)cccc12. The number of halogens is 1. The molecule has 0 saturated carbocycles. The van der Waals surface area contributed by atoms with Gasteiger partial charge >= 0.3 is 0 Å². The third-order valence-electron chi connectivity index (χ3n) is 4.86. The Labute approximate surface area is 152 Å². The highest BCUT2D eigenvalue weighted by Crippen LogP contribution is 2.33. The maximum atomic E-state index is 14.7. The monoisotopic (exact) mass is 366 g/mol. The molecule has 1 aromatic heterocycles. The van der Waals surface area contributed by atoms with Gasteiger partial charge in [-0.3, -0.25) is 4.90 Å². The number of β-amino-alcohol motifs (C(OH)–C–C–N with tert-alkyl or cyclic N) is 1. The summed E-state index contributed by atoms with van der Waals surface area (Å²) in [6.45, 7) is 4.03. The molecule has 138 valence electrons. The Balaban J connectivity index is 1.64. The summed E-state index contributed by atoms with van der Waals surface area (Å²) in [5, 5.41) is 16.7. The number of likely N-dealkylation sites (tertiary alicyclic amines) is 1. The van der Waals surface area contributed by atoms with Crippen molar-refractivity contribution in [2.75, 3.05) is 38.7 Å². The molecule has 0 aliphatic carbocycles. The number of hydrogen-bond donors (Lipinski definition) is 2. The van der Waals surface area contributed by atoms with E-state index in [9.17, 15) is 9.50 Å². The summed E-state index contributed by atoms with van der Waals surface area (Å²) in [6, 6.07) is 6.04. The van der Waals surface area contributed by atoms with Crippen LogP contribution in [-0.2, 0) is 11.2 Å². The van der Waals surface area contributed by atoms with Crippen LogP contribution in [0.25, 0.3) is 10.1 Å². The number of anilines is 1. The van der Waals surface area contributed by atoms with E-state index in [0.717, 1.165) is 25.1 Å². The maximum Gasteiger partial charge on any atom is 0.133 e. The number of piperidine rings is 1. The van der Waals surface area contributed by atoms with Gasteiger partial charge in [-0.1, -0.05) is 19.1 Å². The minimum Gasteiger partial charge on any atom is -0.389 e. The number of fused-ring (bicyclic) bond motifs is 1. The van der Waals surface area contributed by atoms with Crippen molar-refractivity contribution in [3.05, 3.63) is 29.1 Å². The predicted molar refractivity (Wildman–Crippen MR) is 102 cm³/mol. The number of methoxy groups -OCH3 is 1. The lowest BCUT2D eigenvalue weighted by atomic mass is 10.0. The van der Waals surface area contributed by atoms with E-state index in [-0.39, 0.29) is 12.6 Å². The fourth-order valence-electron chi connectivity index (χ4n) is 3.54. The molecule has 6 heteroatoms. The Morgan fingerprint density at radius 1 is 1.48 bits per heavy atom. The molecule has 25 heavy (non-hydrogen) atoms. The zero-order valence-corrected chi connectivity index (χ0v) is 15.7.